The minimum atomic E-state index is 0.228. The zero-order chi connectivity index (χ0) is 17.6. The van der Waals surface area contributed by atoms with E-state index in [0.717, 1.165) is 37.3 Å². The van der Waals surface area contributed by atoms with E-state index in [2.05, 4.69) is 46.5 Å². The van der Waals surface area contributed by atoms with Gasteiger partial charge in [0.2, 0.25) is 5.91 Å². The summed E-state index contributed by atoms with van der Waals surface area (Å²) in [5.41, 5.74) is 4.34. The highest BCUT2D eigenvalue weighted by molar-refractivity contribution is 5.78. The molecule has 1 amide bonds. The molecule has 1 fully saturated rings. The van der Waals surface area contributed by atoms with Crippen LogP contribution in [-0.2, 0) is 17.9 Å². The van der Waals surface area contributed by atoms with Crippen LogP contribution in [0.25, 0.3) is 0 Å². The second kappa shape index (κ2) is 8.21. The predicted octanol–water partition coefficient (Wildman–Crippen LogP) is 2.76. The van der Waals surface area contributed by atoms with Crippen molar-refractivity contribution in [3.05, 3.63) is 59.2 Å². The number of aromatic nitrogens is 2. The van der Waals surface area contributed by atoms with Crippen LogP contribution >= 0.6 is 0 Å². The van der Waals surface area contributed by atoms with Crippen LogP contribution in [0.4, 0.5) is 0 Å². The first-order chi connectivity index (χ1) is 12.1. The van der Waals surface area contributed by atoms with Crippen molar-refractivity contribution in [3.63, 3.8) is 0 Å². The molecule has 0 bridgehead atoms. The number of hydrogen-bond acceptors (Lipinski definition) is 4. The standard InChI is InChI=1S/C20H26N4O/c1-15-4-3-5-17(10-15)12-21-9-8-19-6-7-20(25)24(19)14-18-13-22-16(2)11-23-18/h3-5,10-11,13,19,21H,6-9,12,14H2,1-2H3/t19-/m1/s1. The zero-order valence-electron chi connectivity index (χ0n) is 15.0. The lowest BCUT2D eigenvalue weighted by atomic mass is 10.1. The predicted molar refractivity (Wildman–Crippen MR) is 97.8 cm³/mol. The highest BCUT2D eigenvalue weighted by Gasteiger charge is 2.30. The van der Waals surface area contributed by atoms with Crippen molar-refractivity contribution in [2.75, 3.05) is 6.54 Å². The van der Waals surface area contributed by atoms with Gasteiger partial charge in [0.05, 0.1) is 24.1 Å². The van der Waals surface area contributed by atoms with Crippen molar-refractivity contribution >= 4 is 5.91 Å². The van der Waals surface area contributed by atoms with Gasteiger partial charge in [-0.15, -0.1) is 0 Å². The summed E-state index contributed by atoms with van der Waals surface area (Å²) in [4.78, 5) is 22.8. The van der Waals surface area contributed by atoms with E-state index in [0.29, 0.717) is 19.0 Å². The molecule has 1 aromatic carbocycles. The lowest BCUT2D eigenvalue weighted by molar-refractivity contribution is -0.129. The minimum Gasteiger partial charge on any atom is -0.334 e. The molecule has 0 saturated carbocycles. The molecule has 0 spiro atoms. The molecule has 3 rings (SSSR count). The normalized spacial score (nSPS) is 17.3. The summed E-state index contributed by atoms with van der Waals surface area (Å²) >= 11 is 0. The summed E-state index contributed by atoms with van der Waals surface area (Å²) in [6.45, 7) is 6.36. The van der Waals surface area contributed by atoms with Crippen molar-refractivity contribution in [2.24, 2.45) is 0 Å². The topological polar surface area (TPSA) is 58.1 Å². The molecule has 5 heteroatoms. The number of benzene rings is 1. The van der Waals surface area contributed by atoms with E-state index >= 15 is 0 Å². The number of hydrogen-bond donors (Lipinski definition) is 1. The number of aryl methyl sites for hydroxylation is 2. The highest BCUT2D eigenvalue weighted by atomic mass is 16.2. The Bertz CT molecular complexity index is 714. The third-order valence-corrected chi connectivity index (χ3v) is 4.69. The van der Waals surface area contributed by atoms with Crippen LogP contribution < -0.4 is 5.32 Å². The highest BCUT2D eigenvalue weighted by Crippen LogP contribution is 2.23. The summed E-state index contributed by atoms with van der Waals surface area (Å²) in [5.74, 6) is 0.228. The van der Waals surface area contributed by atoms with E-state index in [4.69, 9.17) is 0 Å². The smallest absolute Gasteiger partial charge is 0.223 e. The fourth-order valence-corrected chi connectivity index (χ4v) is 3.31. The van der Waals surface area contributed by atoms with Crippen molar-refractivity contribution in [1.29, 1.82) is 0 Å². The minimum absolute atomic E-state index is 0.228. The van der Waals surface area contributed by atoms with Gasteiger partial charge in [-0.3, -0.25) is 14.8 Å². The van der Waals surface area contributed by atoms with Gasteiger partial charge in [-0.25, -0.2) is 0 Å². The number of carbonyl (C=O) groups excluding carboxylic acids is 1. The molecule has 1 N–H and O–H groups in total. The summed E-state index contributed by atoms with van der Waals surface area (Å²) in [7, 11) is 0. The summed E-state index contributed by atoms with van der Waals surface area (Å²) in [5, 5.41) is 3.50. The molecule has 1 aromatic heterocycles. The largest absolute Gasteiger partial charge is 0.334 e. The first-order valence-electron chi connectivity index (χ1n) is 8.95. The molecule has 2 heterocycles. The maximum absolute atomic E-state index is 12.2. The van der Waals surface area contributed by atoms with Gasteiger partial charge in [-0.05, 0) is 38.8 Å². The summed E-state index contributed by atoms with van der Waals surface area (Å²) in [6.07, 6.45) is 6.07. The van der Waals surface area contributed by atoms with Crippen molar-refractivity contribution in [1.82, 2.24) is 20.2 Å². The zero-order valence-corrected chi connectivity index (χ0v) is 15.0. The Balaban J connectivity index is 1.49. The molecule has 25 heavy (non-hydrogen) atoms. The van der Waals surface area contributed by atoms with E-state index in [1.54, 1.807) is 12.4 Å². The van der Waals surface area contributed by atoms with Crippen molar-refractivity contribution in [2.45, 2.75) is 52.2 Å². The Hall–Kier alpha value is -2.27. The number of likely N-dealkylation sites (tertiary alicyclic amines) is 1. The molecule has 132 valence electrons. The second-order valence-corrected chi connectivity index (χ2v) is 6.82. The Morgan fingerprint density at radius 2 is 2.12 bits per heavy atom. The van der Waals surface area contributed by atoms with Crippen LogP contribution in [0.2, 0.25) is 0 Å². The third kappa shape index (κ3) is 4.86. The van der Waals surface area contributed by atoms with E-state index < -0.39 is 0 Å². The molecular formula is C20H26N4O. The van der Waals surface area contributed by atoms with Crippen LogP contribution in [0.3, 0.4) is 0 Å². The molecule has 1 aliphatic heterocycles. The van der Waals surface area contributed by atoms with Crippen LogP contribution in [0.5, 0.6) is 0 Å². The molecule has 5 nitrogen and oxygen atoms in total. The number of amides is 1. The molecule has 1 aliphatic rings. The van der Waals surface area contributed by atoms with Gasteiger partial charge in [-0.1, -0.05) is 29.8 Å². The van der Waals surface area contributed by atoms with Crippen LogP contribution in [0, 0.1) is 13.8 Å². The van der Waals surface area contributed by atoms with Gasteiger partial charge in [0, 0.05) is 25.2 Å². The molecule has 0 unspecified atom stereocenters. The third-order valence-electron chi connectivity index (χ3n) is 4.69. The van der Waals surface area contributed by atoms with Crippen molar-refractivity contribution < 1.29 is 4.79 Å². The Kier molecular flexibility index (Phi) is 5.76. The Morgan fingerprint density at radius 3 is 2.88 bits per heavy atom. The van der Waals surface area contributed by atoms with E-state index in [-0.39, 0.29) is 5.91 Å². The molecule has 1 saturated heterocycles. The molecule has 2 aromatic rings. The van der Waals surface area contributed by atoms with Gasteiger partial charge in [0.15, 0.2) is 0 Å². The van der Waals surface area contributed by atoms with E-state index in [1.165, 1.54) is 11.1 Å². The number of rotatable bonds is 7. The van der Waals surface area contributed by atoms with Gasteiger partial charge in [0.25, 0.3) is 0 Å². The molecular weight excluding hydrogens is 312 g/mol. The fraction of sp³-hybridized carbons (Fsp3) is 0.450. The Morgan fingerprint density at radius 1 is 1.24 bits per heavy atom. The Labute approximate surface area is 149 Å². The van der Waals surface area contributed by atoms with Crippen molar-refractivity contribution in [3.8, 4) is 0 Å². The first-order valence-corrected chi connectivity index (χ1v) is 8.95. The first kappa shape index (κ1) is 17.5. The number of carbonyl (C=O) groups is 1. The lowest BCUT2D eigenvalue weighted by Gasteiger charge is -2.24. The van der Waals surface area contributed by atoms with Crippen LogP contribution in [0.15, 0.2) is 36.7 Å². The lowest BCUT2D eigenvalue weighted by Crippen LogP contribution is -2.35. The average Bonchev–Trinajstić information content (AvgIpc) is 2.94. The number of nitrogens with zero attached hydrogens (tertiary/aromatic N) is 3. The quantitative estimate of drug-likeness (QED) is 0.789. The maximum atomic E-state index is 12.2. The summed E-state index contributed by atoms with van der Waals surface area (Å²) < 4.78 is 0. The molecule has 1 atom stereocenters. The second-order valence-electron chi connectivity index (χ2n) is 6.82. The number of nitrogens with one attached hydrogen (secondary N) is 1. The molecule has 0 radical (unpaired) electrons. The van der Waals surface area contributed by atoms with E-state index in [1.807, 2.05) is 11.8 Å². The van der Waals surface area contributed by atoms with E-state index in [9.17, 15) is 4.79 Å². The van der Waals surface area contributed by atoms with Gasteiger partial charge in [-0.2, -0.15) is 0 Å². The molecule has 0 aliphatic carbocycles. The van der Waals surface area contributed by atoms with Gasteiger partial charge < -0.3 is 10.2 Å². The SMILES string of the molecule is Cc1cccc(CNCC[C@H]2CCC(=O)N2Cc2cnc(C)cn2)c1. The monoisotopic (exact) mass is 338 g/mol. The van der Waals surface area contributed by atoms with Gasteiger partial charge >= 0.3 is 0 Å². The maximum Gasteiger partial charge on any atom is 0.223 e. The van der Waals surface area contributed by atoms with Gasteiger partial charge in [0.1, 0.15) is 0 Å². The fourth-order valence-electron chi connectivity index (χ4n) is 3.31. The van der Waals surface area contributed by atoms with Crippen LogP contribution in [-0.4, -0.2) is 33.4 Å². The average molecular weight is 338 g/mol. The van der Waals surface area contributed by atoms with Crippen LogP contribution in [0.1, 0.15) is 41.8 Å². The summed E-state index contributed by atoms with van der Waals surface area (Å²) in [6, 6.07) is 8.84.